The summed E-state index contributed by atoms with van der Waals surface area (Å²) in [5.41, 5.74) is 6.36. The predicted molar refractivity (Wildman–Crippen MR) is 76.0 cm³/mol. The van der Waals surface area contributed by atoms with Crippen LogP contribution in [0.5, 0.6) is 0 Å². The fraction of sp³-hybridized carbons (Fsp3) is 0.357. The molecule has 17 heavy (non-hydrogen) atoms. The lowest BCUT2D eigenvalue weighted by molar-refractivity contribution is 1.23. The average Bonchev–Trinajstić information content (AvgIpc) is 2.67. The molecule has 0 amide bonds. The molecule has 0 radical (unpaired) electrons. The second-order valence-electron chi connectivity index (χ2n) is 4.36. The molecule has 1 heterocycles. The van der Waals surface area contributed by atoms with Gasteiger partial charge in [-0.15, -0.1) is 0 Å². The molecule has 0 spiro atoms. The van der Waals surface area contributed by atoms with Crippen molar-refractivity contribution in [1.82, 2.24) is 4.98 Å². The minimum Gasteiger partial charge on any atom is -0.378 e. The highest BCUT2D eigenvalue weighted by molar-refractivity contribution is 7.19. The van der Waals surface area contributed by atoms with Gasteiger partial charge in [0.2, 0.25) is 0 Å². The van der Waals surface area contributed by atoms with Crippen molar-refractivity contribution in [1.29, 1.82) is 0 Å². The van der Waals surface area contributed by atoms with Crippen molar-refractivity contribution in [2.24, 2.45) is 0 Å². The van der Waals surface area contributed by atoms with E-state index in [2.05, 4.69) is 43.2 Å². The molecule has 0 aliphatic heterocycles. The van der Waals surface area contributed by atoms with Crippen LogP contribution in [0.15, 0.2) is 12.1 Å². The summed E-state index contributed by atoms with van der Waals surface area (Å²) < 4.78 is 0. The van der Waals surface area contributed by atoms with Crippen molar-refractivity contribution >= 4 is 16.3 Å². The van der Waals surface area contributed by atoms with Crippen molar-refractivity contribution in [2.75, 3.05) is 12.4 Å². The number of rotatable bonds is 2. The van der Waals surface area contributed by atoms with Crippen LogP contribution in [0.2, 0.25) is 0 Å². The van der Waals surface area contributed by atoms with Gasteiger partial charge in [-0.05, 0) is 44.4 Å². The lowest BCUT2D eigenvalue weighted by Gasteiger charge is -2.08. The fourth-order valence-corrected chi connectivity index (χ4v) is 2.93. The Morgan fingerprint density at radius 2 is 1.76 bits per heavy atom. The Morgan fingerprint density at radius 1 is 1.06 bits per heavy atom. The minimum absolute atomic E-state index is 1.07. The normalized spacial score (nSPS) is 10.6. The number of nitrogens with zero attached hydrogens (tertiary/aromatic N) is 1. The van der Waals surface area contributed by atoms with Crippen LogP contribution < -0.4 is 5.32 Å². The summed E-state index contributed by atoms with van der Waals surface area (Å²) in [4.78, 5) is 4.64. The lowest BCUT2D eigenvalue weighted by Crippen LogP contribution is -1.90. The SMILES string of the molecule is CNc1sc(-c2ccc(C)c(C)c2C)nc1C. The lowest BCUT2D eigenvalue weighted by atomic mass is 9.99. The van der Waals surface area contributed by atoms with E-state index in [0.29, 0.717) is 0 Å². The van der Waals surface area contributed by atoms with Gasteiger partial charge in [-0.1, -0.05) is 23.5 Å². The number of nitrogens with one attached hydrogen (secondary N) is 1. The van der Waals surface area contributed by atoms with Gasteiger partial charge < -0.3 is 5.32 Å². The van der Waals surface area contributed by atoms with Crippen LogP contribution in [0.4, 0.5) is 5.00 Å². The molecule has 3 heteroatoms. The van der Waals surface area contributed by atoms with Gasteiger partial charge in [0, 0.05) is 12.6 Å². The molecule has 90 valence electrons. The Kier molecular flexibility index (Phi) is 3.20. The van der Waals surface area contributed by atoms with E-state index in [0.717, 1.165) is 15.7 Å². The second kappa shape index (κ2) is 4.49. The Hall–Kier alpha value is -1.35. The summed E-state index contributed by atoms with van der Waals surface area (Å²) in [6, 6.07) is 4.35. The molecule has 0 saturated heterocycles. The maximum atomic E-state index is 4.64. The molecular weight excluding hydrogens is 228 g/mol. The van der Waals surface area contributed by atoms with Gasteiger partial charge >= 0.3 is 0 Å². The van der Waals surface area contributed by atoms with E-state index in [9.17, 15) is 0 Å². The van der Waals surface area contributed by atoms with E-state index in [4.69, 9.17) is 0 Å². The van der Waals surface area contributed by atoms with Crippen molar-refractivity contribution in [3.63, 3.8) is 0 Å². The first kappa shape index (κ1) is 12.1. The minimum atomic E-state index is 1.07. The zero-order chi connectivity index (χ0) is 12.6. The van der Waals surface area contributed by atoms with Gasteiger partial charge in [0.05, 0.1) is 5.69 Å². The van der Waals surface area contributed by atoms with Gasteiger partial charge in [-0.2, -0.15) is 0 Å². The monoisotopic (exact) mass is 246 g/mol. The largest absolute Gasteiger partial charge is 0.378 e. The first-order chi connectivity index (χ1) is 8.04. The number of benzene rings is 1. The molecule has 0 aliphatic rings. The Labute approximate surface area is 107 Å². The summed E-state index contributed by atoms with van der Waals surface area (Å²) in [6.45, 7) is 8.54. The first-order valence-electron chi connectivity index (χ1n) is 5.77. The highest BCUT2D eigenvalue weighted by atomic mass is 32.1. The zero-order valence-corrected chi connectivity index (χ0v) is 11.8. The number of anilines is 1. The Morgan fingerprint density at radius 3 is 2.35 bits per heavy atom. The molecule has 0 unspecified atom stereocenters. The highest BCUT2D eigenvalue weighted by Crippen LogP contribution is 2.34. The van der Waals surface area contributed by atoms with Crippen LogP contribution in [0.1, 0.15) is 22.4 Å². The third kappa shape index (κ3) is 2.07. The standard InChI is InChI=1S/C14H18N2S/c1-8-6-7-12(10(3)9(8)2)14-16-11(4)13(15-5)17-14/h6-7,15H,1-5H3. The summed E-state index contributed by atoms with van der Waals surface area (Å²) in [7, 11) is 1.94. The van der Waals surface area contributed by atoms with Crippen molar-refractivity contribution in [2.45, 2.75) is 27.7 Å². The molecule has 1 N–H and O–H groups in total. The van der Waals surface area contributed by atoms with E-state index < -0.39 is 0 Å². The fourth-order valence-electron chi connectivity index (χ4n) is 1.93. The summed E-state index contributed by atoms with van der Waals surface area (Å²) in [5, 5.41) is 5.44. The van der Waals surface area contributed by atoms with E-state index in [1.807, 2.05) is 14.0 Å². The first-order valence-corrected chi connectivity index (χ1v) is 6.58. The van der Waals surface area contributed by atoms with Gasteiger partial charge in [0.15, 0.2) is 0 Å². The number of hydrogen-bond acceptors (Lipinski definition) is 3. The average molecular weight is 246 g/mol. The Balaban J connectivity index is 2.57. The maximum absolute atomic E-state index is 4.64. The number of aromatic nitrogens is 1. The molecule has 2 nitrogen and oxygen atoms in total. The molecule has 0 saturated carbocycles. The van der Waals surface area contributed by atoms with E-state index in [-0.39, 0.29) is 0 Å². The van der Waals surface area contributed by atoms with Crippen molar-refractivity contribution in [3.05, 3.63) is 34.5 Å². The predicted octanol–water partition coefficient (Wildman–Crippen LogP) is 4.09. The third-order valence-corrected chi connectivity index (χ3v) is 4.52. The van der Waals surface area contributed by atoms with E-state index >= 15 is 0 Å². The third-order valence-electron chi connectivity index (χ3n) is 3.31. The molecule has 0 fully saturated rings. The number of hydrogen-bond donors (Lipinski definition) is 1. The summed E-state index contributed by atoms with van der Waals surface area (Å²) >= 11 is 1.72. The van der Waals surface area contributed by atoms with Crippen LogP contribution in [0.3, 0.4) is 0 Å². The topological polar surface area (TPSA) is 24.9 Å². The second-order valence-corrected chi connectivity index (χ2v) is 5.36. The Bertz CT molecular complexity index is 556. The molecule has 0 atom stereocenters. The smallest absolute Gasteiger partial charge is 0.125 e. The van der Waals surface area contributed by atoms with Crippen LogP contribution in [-0.4, -0.2) is 12.0 Å². The van der Waals surface area contributed by atoms with Crippen LogP contribution >= 0.6 is 11.3 Å². The molecule has 0 bridgehead atoms. The molecular formula is C14H18N2S. The zero-order valence-electron chi connectivity index (χ0n) is 11.0. The highest BCUT2D eigenvalue weighted by Gasteiger charge is 2.12. The van der Waals surface area contributed by atoms with Gasteiger partial charge in [0.1, 0.15) is 10.0 Å². The molecule has 0 aliphatic carbocycles. The molecule has 1 aromatic heterocycles. The van der Waals surface area contributed by atoms with Gasteiger partial charge in [-0.25, -0.2) is 4.98 Å². The molecule has 2 rings (SSSR count). The van der Waals surface area contributed by atoms with Crippen LogP contribution in [-0.2, 0) is 0 Å². The van der Waals surface area contributed by atoms with Gasteiger partial charge in [-0.3, -0.25) is 0 Å². The summed E-state index contributed by atoms with van der Waals surface area (Å²) in [6.07, 6.45) is 0. The maximum Gasteiger partial charge on any atom is 0.125 e. The van der Waals surface area contributed by atoms with Gasteiger partial charge in [0.25, 0.3) is 0 Å². The number of aryl methyl sites for hydroxylation is 2. The quantitative estimate of drug-likeness (QED) is 0.863. The van der Waals surface area contributed by atoms with E-state index in [1.165, 1.54) is 22.3 Å². The summed E-state index contributed by atoms with van der Waals surface area (Å²) in [5.74, 6) is 0. The molecule has 2 aromatic rings. The van der Waals surface area contributed by atoms with E-state index in [1.54, 1.807) is 11.3 Å². The number of thiazole rings is 1. The molecule has 1 aromatic carbocycles. The van der Waals surface area contributed by atoms with Crippen LogP contribution in [0.25, 0.3) is 10.6 Å². The van der Waals surface area contributed by atoms with Crippen molar-refractivity contribution in [3.8, 4) is 10.6 Å². The van der Waals surface area contributed by atoms with Crippen LogP contribution in [0, 0.1) is 27.7 Å². The van der Waals surface area contributed by atoms with Crippen molar-refractivity contribution < 1.29 is 0 Å².